The summed E-state index contributed by atoms with van der Waals surface area (Å²) in [6.45, 7) is 2.82. The highest BCUT2D eigenvalue weighted by Gasteiger charge is 2.26. The SMILES string of the molecule is O=C(c1cn(-c2ccccc2)nc1-c1ccccc1)N1CCN(c2cccc(Cl)c2)CC1. The number of aromatic nitrogens is 2. The lowest BCUT2D eigenvalue weighted by Gasteiger charge is -2.36. The fraction of sp³-hybridized carbons (Fsp3) is 0.154. The van der Waals surface area contributed by atoms with Gasteiger partial charge in [0.1, 0.15) is 5.69 Å². The third-order valence-electron chi connectivity index (χ3n) is 5.75. The predicted molar refractivity (Wildman–Crippen MR) is 129 cm³/mol. The van der Waals surface area contributed by atoms with E-state index in [1.54, 1.807) is 4.68 Å². The molecule has 1 saturated heterocycles. The van der Waals surface area contributed by atoms with Crippen molar-refractivity contribution in [2.75, 3.05) is 31.1 Å². The van der Waals surface area contributed by atoms with Gasteiger partial charge in [0.2, 0.25) is 0 Å². The van der Waals surface area contributed by atoms with Crippen LogP contribution in [-0.2, 0) is 0 Å². The van der Waals surface area contributed by atoms with Crippen LogP contribution in [0.3, 0.4) is 0 Å². The summed E-state index contributed by atoms with van der Waals surface area (Å²) < 4.78 is 1.79. The average molecular weight is 443 g/mol. The van der Waals surface area contributed by atoms with Crippen molar-refractivity contribution in [3.8, 4) is 16.9 Å². The van der Waals surface area contributed by atoms with Crippen LogP contribution >= 0.6 is 11.6 Å². The Morgan fingerprint density at radius 2 is 1.44 bits per heavy atom. The highest BCUT2D eigenvalue weighted by atomic mass is 35.5. The number of hydrogen-bond donors (Lipinski definition) is 0. The topological polar surface area (TPSA) is 41.4 Å². The number of carbonyl (C=O) groups is 1. The van der Waals surface area contributed by atoms with Crippen molar-refractivity contribution < 1.29 is 4.79 Å². The summed E-state index contributed by atoms with van der Waals surface area (Å²) in [5.74, 6) is 0.0109. The van der Waals surface area contributed by atoms with Gasteiger partial charge in [-0.2, -0.15) is 5.10 Å². The van der Waals surface area contributed by atoms with Crippen molar-refractivity contribution in [1.29, 1.82) is 0 Å². The van der Waals surface area contributed by atoms with Crippen LogP contribution < -0.4 is 4.90 Å². The van der Waals surface area contributed by atoms with Crippen LogP contribution in [0.5, 0.6) is 0 Å². The number of amides is 1. The van der Waals surface area contributed by atoms with Gasteiger partial charge in [-0.1, -0.05) is 66.2 Å². The number of carbonyl (C=O) groups excluding carboxylic acids is 1. The van der Waals surface area contributed by atoms with E-state index in [1.165, 1.54) is 0 Å². The summed E-state index contributed by atoms with van der Waals surface area (Å²) in [6, 6.07) is 27.6. The van der Waals surface area contributed by atoms with E-state index in [0.717, 1.165) is 35.1 Å². The summed E-state index contributed by atoms with van der Waals surface area (Å²) in [5.41, 5.74) is 4.28. The largest absolute Gasteiger partial charge is 0.368 e. The van der Waals surface area contributed by atoms with Gasteiger partial charge in [-0.3, -0.25) is 4.79 Å². The van der Waals surface area contributed by atoms with Crippen LogP contribution in [0.1, 0.15) is 10.4 Å². The maximum atomic E-state index is 13.6. The molecule has 0 atom stereocenters. The first-order chi connectivity index (χ1) is 15.7. The number of para-hydroxylation sites is 1. The number of anilines is 1. The van der Waals surface area contributed by atoms with E-state index in [4.69, 9.17) is 16.7 Å². The highest BCUT2D eigenvalue weighted by Crippen LogP contribution is 2.26. The van der Waals surface area contributed by atoms with Crippen LogP contribution in [0.2, 0.25) is 5.02 Å². The molecule has 1 fully saturated rings. The third-order valence-corrected chi connectivity index (χ3v) is 5.99. The predicted octanol–water partition coefficient (Wildman–Crippen LogP) is 5.16. The lowest BCUT2D eigenvalue weighted by molar-refractivity contribution is 0.0747. The first-order valence-electron chi connectivity index (χ1n) is 10.7. The van der Waals surface area contributed by atoms with E-state index in [0.29, 0.717) is 24.3 Å². The first kappa shape index (κ1) is 20.3. The van der Waals surface area contributed by atoms with Crippen molar-refractivity contribution >= 4 is 23.2 Å². The number of benzene rings is 3. The van der Waals surface area contributed by atoms with Gasteiger partial charge in [0, 0.05) is 48.6 Å². The minimum absolute atomic E-state index is 0.0109. The zero-order valence-corrected chi connectivity index (χ0v) is 18.3. The van der Waals surface area contributed by atoms with Crippen molar-refractivity contribution in [2.24, 2.45) is 0 Å². The maximum absolute atomic E-state index is 13.6. The molecule has 1 aromatic heterocycles. The first-order valence-corrected chi connectivity index (χ1v) is 11.1. The van der Waals surface area contributed by atoms with Crippen LogP contribution in [0.4, 0.5) is 5.69 Å². The van der Waals surface area contributed by atoms with Gasteiger partial charge >= 0.3 is 0 Å². The number of rotatable bonds is 4. The van der Waals surface area contributed by atoms with Crippen LogP contribution in [0.15, 0.2) is 91.1 Å². The van der Waals surface area contributed by atoms with E-state index >= 15 is 0 Å². The molecule has 0 bridgehead atoms. The summed E-state index contributed by atoms with van der Waals surface area (Å²) in [4.78, 5) is 17.8. The van der Waals surface area contributed by atoms with E-state index in [-0.39, 0.29) is 5.91 Å². The zero-order chi connectivity index (χ0) is 21.9. The number of hydrogen-bond acceptors (Lipinski definition) is 3. The summed E-state index contributed by atoms with van der Waals surface area (Å²) >= 11 is 6.15. The lowest BCUT2D eigenvalue weighted by Crippen LogP contribution is -2.48. The molecule has 0 aliphatic carbocycles. The third kappa shape index (κ3) is 4.12. The molecule has 0 radical (unpaired) electrons. The van der Waals surface area contributed by atoms with Crippen molar-refractivity contribution in [1.82, 2.24) is 14.7 Å². The molecule has 0 spiro atoms. The van der Waals surface area contributed by atoms with Gasteiger partial charge in [-0.05, 0) is 30.3 Å². The molecule has 0 unspecified atom stereocenters. The van der Waals surface area contributed by atoms with Gasteiger partial charge in [0.05, 0.1) is 11.3 Å². The number of piperazine rings is 1. The summed E-state index contributed by atoms with van der Waals surface area (Å²) in [7, 11) is 0. The molecule has 160 valence electrons. The Balaban J connectivity index is 1.41. The Morgan fingerprint density at radius 3 is 2.12 bits per heavy atom. The molecule has 3 aromatic carbocycles. The maximum Gasteiger partial charge on any atom is 0.257 e. The number of nitrogens with zero attached hydrogens (tertiary/aromatic N) is 4. The monoisotopic (exact) mass is 442 g/mol. The second-order valence-electron chi connectivity index (χ2n) is 7.80. The molecule has 1 amide bonds. The normalized spacial score (nSPS) is 13.9. The second kappa shape index (κ2) is 8.89. The minimum Gasteiger partial charge on any atom is -0.368 e. The van der Waals surface area contributed by atoms with Crippen molar-refractivity contribution in [2.45, 2.75) is 0 Å². The Labute approximate surface area is 192 Å². The van der Waals surface area contributed by atoms with Gasteiger partial charge in [-0.25, -0.2) is 4.68 Å². The summed E-state index contributed by atoms with van der Waals surface area (Å²) in [6.07, 6.45) is 1.85. The van der Waals surface area contributed by atoms with Crippen LogP contribution in [0.25, 0.3) is 16.9 Å². The smallest absolute Gasteiger partial charge is 0.257 e. The Bertz CT molecular complexity index is 1220. The Hall–Kier alpha value is -3.57. The molecular weight excluding hydrogens is 420 g/mol. The molecule has 32 heavy (non-hydrogen) atoms. The molecule has 5 nitrogen and oxygen atoms in total. The fourth-order valence-electron chi connectivity index (χ4n) is 4.06. The molecule has 2 heterocycles. The molecule has 0 N–H and O–H groups in total. The molecule has 6 heteroatoms. The fourth-order valence-corrected chi connectivity index (χ4v) is 4.25. The molecule has 5 rings (SSSR count). The average Bonchev–Trinajstić information content (AvgIpc) is 3.30. The second-order valence-corrected chi connectivity index (χ2v) is 8.23. The van der Waals surface area contributed by atoms with Gasteiger partial charge in [0.25, 0.3) is 5.91 Å². The van der Waals surface area contributed by atoms with Crippen molar-refractivity contribution in [3.05, 3.63) is 102 Å². The highest BCUT2D eigenvalue weighted by molar-refractivity contribution is 6.30. The lowest BCUT2D eigenvalue weighted by atomic mass is 10.1. The van der Waals surface area contributed by atoms with E-state index in [2.05, 4.69) is 11.0 Å². The molecule has 1 aliphatic rings. The van der Waals surface area contributed by atoms with E-state index in [9.17, 15) is 4.79 Å². The minimum atomic E-state index is 0.0109. The van der Waals surface area contributed by atoms with E-state index in [1.807, 2.05) is 90.0 Å². The van der Waals surface area contributed by atoms with Crippen LogP contribution in [-0.4, -0.2) is 46.8 Å². The summed E-state index contributed by atoms with van der Waals surface area (Å²) in [5, 5.41) is 5.51. The van der Waals surface area contributed by atoms with Crippen LogP contribution in [0, 0.1) is 0 Å². The molecule has 0 saturated carbocycles. The van der Waals surface area contributed by atoms with Gasteiger partial charge in [-0.15, -0.1) is 0 Å². The quantitative estimate of drug-likeness (QED) is 0.438. The standard InChI is InChI=1S/C26H23ClN4O/c27-21-10-7-13-23(18-21)29-14-16-30(17-15-29)26(32)24-19-31(22-11-5-2-6-12-22)28-25(24)20-8-3-1-4-9-20/h1-13,18-19H,14-17H2. The molecular formula is C26H23ClN4O. The Morgan fingerprint density at radius 1 is 0.781 bits per heavy atom. The van der Waals surface area contributed by atoms with E-state index < -0.39 is 0 Å². The number of halogens is 1. The molecule has 1 aliphatic heterocycles. The molecule has 4 aromatic rings. The van der Waals surface area contributed by atoms with Gasteiger partial charge < -0.3 is 9.80 Å². The zero-order valence-electron chi connectivity index (χ0n) is 17.6. The van der Waals surface area contributed by atoms with Gasteiger partial charge in [0.15, 0.2) is 0 Å². The Kier molecular flexibility index (Phi) is 5.65. The van der Waals surface area contributed by atoms with Crippen molar-refractivity contribution in [3.63, 3.8) is 0 Å².